The Labute approximate surface area is 567 Å². The molecule has 0 saturated carbocycles. The predicted octanol–water partition coefficient (Wildman–Crippen LogP) is 16.7. The molecule has 1 amide bonds. The van der Waals surface area contributed by atoms with E-state index in [1.165, 1.54) is 180 Å². The van der Waals surface area contributed by atoms with Crippen molar-refractivity contribution in [2.24, 2.45) is 0 Å². The summed E-state index contributed by atoms with van der Waals surface area (Å²) in [5.74, 6) is -0.225. The number of rotatable bonds is 63. The Kier molecular flexibility index (Phi) is 58.1. The van der Waals surface area contributed by atoms with Crippen molar-refractivity contribution in [2.75, 3.05) is 19.8 Å². The molecule has 0 aliphatic carbocycles. The van der Waals surface area contributed by atoms with E-state index in [2.05, 4.69) is 104 Å². The first-order chi connectivity index (χ1) is 45.6. The van der Waals surface area contributed by atoms with Crippen molar-refractivity contribution >= 4 is 5.91 Å². The molecular weight excluding hydrogens is 1170 g/mol. The first-order valence-corrected chi connectivity index (χ1v) is 38.3. The zero-order valence-electron chi connectivity index (χ0n) is 59.0. The minimum Gasteiger partial charge on any atom is -0.394 e. The van der Waals surface area contributed by atoms with Crippen molar-refractivity contribution < 1.29 is 64.6 Å². The summed E-state index contributed by atoms with van der Waals surface area (Å²) >= 11 is 0. The lowest BCUT2D eigenvalue weighted by Crippen LogP contribution is -2.65. The molecule has 14 nitrogen and oxygen atoms in total. The van der Waals surface area contributed by atoms with Gasteiger partial charge in [0.05, 0.1) is 32.0 Å². The third kappa shape index (κ3) is 46.1. The van der Waals surface area contributed by atoms with Crippen LogP contribution in [0.5, 0.6) is 0 Å². The number of allylic oxidation sites excluding steroid dienone is 14. The van der Waals surface area contributed by atoms with Crippen LogP contribution in [-0.4, -0.2) is 140 Å². The summed E-state index contributed by atoms with van der Waals surface area (Å²) in [4.78, 5) is 13.4. The second-order valence-corrected chi connectivity index (χ2v) is 26.8. The second kappa shape index (κ2) is 62.7. The van der Waals surface area contributed by atoms with E-state index in [1.54, 1.807) is 0 Å². The van der Waals surface area contributed by atoms with Crippen molar-refractivity contribution in [3.63, 3.8) is 0 Å². The summed E-state index contributed by atoms with van der Waals surface area (Å²) in [6, 6.07) is -0.848. The van der Waals surface area contributed by atoms with Crippen LogP contribution in [0.4, 0.5) is 0 Å². The molecule has 0 radical (unpaired) electrons. The third-order valence-corrected chi connectivity index (χ3v) is 18.4. The van der Waals surface area contributed by atoms with Gasteiger partial charge in [0.1, 0.15) is 48.8 Å². The maximum Gasteiger partial charge on any atom is 0.220 e. The van der Waals surface area contributed by atoms with Gasteiger partial charge in [0.15, 0.2) is 12.6 Å². The average Bonchev–Trinajstić information content (AvgIpc) is 0.854. The second-order valence-electron chi connectivity index (χ2n) is 26.8. The Morgan fingerprint density at radius 1 is 0.398 bits per heavy atom. The number of aliphatic hydroxyl groups excluding tert-OH is 8. The lowest BCUT2D eigenvalue weighted by molar-refractivity contribution is -0.359. The fourth-order valence-corrected chi connectivity index (χ4v) is 12.3. The number of carbonyl (C=O) groups excluding carboxylic acids is 1. The number of unbranched alkanes of at least 4 members (excludes halogenated alkanes) is 36. The van der Waals surface area contributed by atoms with Gasteiger partial charge in [-0.3, -0.25) is 4.79 Å². The fraction of sp³-hybridized carbons (Fsp3) is 0.810. The molecule has 2 fully saturated rings. The highest BCUT2D eigenvalue weighted by Crippen LogP contribution is 2.30. The van der Waals surface area contributed by atoms with Crippen molar-refractivity contribution in [2.45, 2.75) is 389 Å². The summed E-state index contributed by atoms with van der Waals surface area (Å²) < 4.78 is 22.9. The third-order valence-electron chi connectivity index (χ3n) is 18.4. The summed E-state index contributed by atoms with van der Waals surface area (Å²) in [6.07, 6.45) is 70.4. The Morgan fingerprint density at radius 2 is 0.742 bits per heavy atom. The molecule has 0 bridgehead atoms. The Balaban J connectivity index is 1.65. The largest absolute Gasteiger partial charge is 0.394 e. The first-order valence-electron chi connectivity index (χ1n) is 38.3. The molecular formula is C79H141NO13. The van der Waals surface area contributed by atoms with Gasteiger partial charge in [-0.05, 0) is 70.6 Å². The standard InChI is InChI=1S/C79H141NO13/c1-3-5-7-9-11-13-15-17-19-21-23-25-27-29-31-32-33-34-35-37-38-40-42-44-46-48-50-52-54-56-58-60-62-68(83)67(66-90-78-76(89)74(87)77(70(65-82)92-78)93-79-75(88)73(86)72(85)69(64-81)91-79)80-71(84)63-61-59-57-55-53-51-49-47-45-43-41-39-36-30-28-26-24-22-20-18-16-14-12-10-8-6-4-2/h6,8,12,14,18,20,24,26,30,36,41,43,47,49,67-70,72-79,81-83,85-89H,3-5,7,9-11,13,15-17,19,21-23,25,27-29,31-35,37-40,42,44-46,48,50-66H2,1-2H3,(H,80,84)/b8-6-,14-12-,20-18-,26-24-,36-30-,43-41-,49-47-. The summed E-state index contributed by atoms with van der Waals surface area (Å²) in [5.41, 5.74) is 0. The van der Waals surface area contributed by atoms with Crippen molar-refractivity contribution in [1.82, 2.24) is 5.32 Å². The number of nitrogens with one attached hydrogen (secondary N) is 1. The minimum absolute atomic E-state index is 0.225. The maximum atomic E-state index is 13.4. The Bertz CT molecular complexity index is 1890. The number of hydrogen-bond donors (Lipinski definition) is 9. The van der Waals surface area contributed by atoms with Gasteiger partial charge in [0.25, 0.3) is 0 Å². The fourth-order valence-electron chi connectivity index (χ4n) is 12.3. The van der Waals surface area contributed by atoms with Gasteiger partial charge in [0.2, 0.25) is 5.91 Å². The average molecular weight is 1310 g/mol. The lowest BCUT2D eigenvalue weighted by Gasteiger charge is -2.46. The topological polar surface area (TPSA) is 228 Å². The van der Waals surface area contributed by atoms with E-state index >= 15 is 0 Å². The van der Waals surface area contributed by atoms with Crippen LogP contribution in [0.15, 0.2) is 85.1 Å². The van der Waals surface area contributed by atoms with Gasteiger partial charge in [-0.2, -0.15) is 0 Å². The zero-order chi connectivity index (χ0) is 67.3. The summed E-state index contributed by atoms with van der Waals surface area (Å²) in [7, 11) is 0. The molecule has 540 valence electrons. The smallest absolute Gasteiger partial charge is 0.220 e. The molecule has 93 heavy (non-hydrogen) atoms. The molecule has 0 aromatic rings. The maximum absolute atomic E-state index is 13.4. The van der Waals surface area contributed by atoms with E-state index in [9.17, 15) is 45.6 Å². The molecule has 12 atom stereocenters. The summed E-state index contributed by atoms with van der Waals surface area (Å²) in [6.45, 7) is 2.77. The molecule has 14 heteroatoms. The molecule has 0 aromatic carbocycles. The normalized spacial score (nSPS) is 23.0. The molecule has 0 spiro atoms. The molecule has 2 rings (SSSR count). The highest BCUT2D eigenvalue weighted by molar-refractivity contribution is 5.76. The molecule has 2 saturated heterocycles. The van der Waals surface area contributed by atoms with Crippen LogP contribution in [0.2, 0.25) is 0 Å². The molecule has 2 aliphatic rings. The van der Waals surface area contributed by atoms with Crippen LogP contribution >= 0.6 is 0 Å². The molecule has 9 N–H and O–H groups in total. The van der Waals surface area contributed by atoms with Gasteiger partial charge < -0.3 is 65.1 Å². The van der Waals surface area contributed by atoms with E-state index in [-0.39, 0.29) is 18.9 Å². The van der Waals surface area contributed by atoms with Crippen LogP contribution in [0, 0.1) is 0 Å². The van der Waals surface area contributed by atoms with Gasteiger partial charge >= 0.3 is 0 Å². The van der Waals surface area contributed by atoms with E-state index in [1.807, 2.05) is 0 Å². The number of carbonyl (C=O) groups is 1. The SMILES string of the molecule is CC/C=C\C/C=C\C/C=C\C/C=C\C/C=C\C/C=C\C/C=C\CCCCCCCC(=O)NC(COC1OC(CO)C(OC2OC(CO)C(O)C(O)C2O)C(O)C1O)C(O)CCCCCCCCCCCCCCCCCCCCCCCCCCCCCCCCCC. The molecule has 12 unspecified atom stereocenters. The highest BCUT2D eigenvalue weighted by Gasteiger charge is 2.51. The van der Waals surface area contributed by atoms with Crippen LogP contribution < -0.4 is 5.32 Å². The zero-order valence-corrected chi connectivity index (χ0v) is 59.0. The van der Waals surface area contributed by atoms with Gasteiger partial charge in [-0.1, -0.05) is 324 Å². The predicted molar refractivity (Wildman–Crippen MR) is 383 cm³/mol. The Hall–Kier alpha value is -2.83. The van der Waals surface area contributed by atoms with Gasteiger partial charge in [-0.15, -0.1) is 0 Å². The number of amides is 1. The monoisotopic (exact) mass is 1310 g/mol. The van der Waals surface area contributed by atoms with Crippen LogP contribution in [0.1, 0.15) is 316 Å². The lowest BCUT2D eigenvalue weighted by atomic mass is 9.97. The first kappa shape index (κ1) is 86.3. The highest BCUT2D eigenvalue weighted by atomic mass is 16.7. The minimum atomic E-state index is -1.79. The van der Waals surface area contributed by atoms with E-state index in [0.29, 0.717) is 12.8 Å². The van der Waals surface area contributed by atoms with Gasteiger partial charge in [0, 0.05) is 6.42 Å². The van der Waals surface area contributed by atoms with Gasteiger partial charge in [-0.25, -0.2) is 0 Å². The molecule has 0 aromatic heterocycles. The van der Waals surface area contributed by atoms with E-state index < -0.39 is 86.8 Å². The van der Waals surface area contributed by atoms with Crippen LogP contribution in [0.25, 0.3) is 0 Å². The summed E-state index contributed by atoms with van der Waals surface area (Å²) in [5, 5.41) is 87.8. The van der Waals surface area contributed by atoms with Crippen molar-refractivity contribution in [1.29, 1.82) is 0 Å². The Morgan fingerprint density at radius 3 is 1.14 bits per heavy atom. The number of ether oxygens (including phenoxy) is 4. The quantitative estimate of drug-likeness (QED) is 0.0204. The number of hydrogen-bond acceptors (Lipinski definition) is 13. The van der Waals surface area contributed by atoms with E-state index in [4.69, 9.17) is 18.9 Å². The van der Waals surface area contributed by atoms with Crippen molar-refractivity contribution in [3.8, 4) is 0 Å². The van der Waals surface area contributed by atoms with E-state index in [0.717, 1.165) is 103 Å². The van der Waals surface area contributed by atoms with Crippen molar-refractivity contribution in [3.05, 3.63) is 85.1 Å². The van der Waals surface area contributed by atoms with Crippen LogP contribution in [-0.2, 0) is 23.7 Å². The van der Waals surface area contributed by atoms with Crippen LogP contribution in [0.3, 0.4) is 0 Å². The molecule has 2 heterocycles. The number of aliphatic hydroxyl groups is 8. The molecule has 2 aliphatic heterocycles.